The van der Waals surface area contributed by atoms with Gasteiger partial charge in [-0.1, -0.05) is 72.8 Å². The highest BCUT2D eigenvalue weighted by Crippen LogP contribution is 2.47. The van der Waals surface area contributed by atoms with E-state index in [2.05, 4.69) is 98.6 Å². The summed E-state index contributed by atoms with van der Waals surface area (Å²) in [5.74, 6) is 0. The monoisotopic (exact) mass is 342 g/mol. The number of fused-ring (bicyclic) bond motifs is 7. The molecule has 3 aliphatic carbocycles. The first-order chi connectivity index (χ1) is 13.3. The van der Waals surface area contributed by atoms with Crippen LogP contribution in [0.25, 0.3) is 33.4 Å². The van der Waals surface area contributed by atoms with Gasteiger partial charge in [-0.3, -0.25) is 0 Å². The van der Waals surface area contributed by atoms with Gasteiger partial charge in [-0.25, -0.2) is 0 Å². The molecule has 0 fully saturated rings. The molecule has 4 aromatic rings. The van der Waals surface area contributed by atoms with Gasteiger partial charge < -0.3 is 0 Å². The van der Waals surface area contributed by atoms with Crippen molar-refractivity contribution in [2.45, 2.75) is 6.92 Å². The number of hydrogen-bond donors (Lipinski definition) is 0. The highest BCUT2D eigenvalue weighted by atomic mass is 14.3. The van der Waals surface area contributed by atoms with Crippen LogP contribution in [0.2, 0.25) is 0 Å². The van der Waals surface area contributed by atoms with E-state index in [0.29, 0.717) is 0 Å². The molecule has 4 aromatic carbocycles. The van der Waals surface area contributed by atoms with Crippen molar-refractivity contribution < 1.29 is 0 Å². The molecule has 0 unspecified atom stereocenters. The Morgan fingerprint density at radius 1 is 0.481 bits per heavy atom. The van der Waals surface area contributed by atoms with Crippen molar-refractivity contribution >= 4 is 0 Å². The molecular weight excluding hydrogens is 324 g/mol. The molecule has 7 rings (SSSR count). The lowest BCUT2D eigenvalue weighted by atomic mass is 9.91. The van der Waals surface area contributed by atoms with Crippen molar-refractivity contribution in [2.24, 2.45) is 0 Å². The molecule has 0 saturated heterocycles. The maximum Gasteiger partial charge on any atom is 0.0215 e. The van der Waals surface area contributed by atoms with Gasteiger partial charge in [0, 0.05) is 12.8 Å². The minimum atomic E-state index is 1.34. The normalized spacial score (nSPS) is 13.1. The highest BCUT2D eigenvalue weighted by molar-refractivity contribution is 5.91. The second-order valence-corrected chi connectivity index (χ2v) is 7.46. The molecule has 3 aliphatic rings. The Morgan fingerprint density at radius 3 is 1.81 bits per heavy atom. The molecule has 27 heavy (non-hydrogen) atoms. The van der Waals surface area contributed by atoms with E-state index >= 15 is 0 Å². The second-order valence-electron chi connectivity index (χ2n) is 7.46. The summed E-state index contributed by atoms with van der Waals surface area (Å²) in [7, 11) is 0. The molecule has 0 N–H and O–H groups in total. The van der Waals surface area contributed by atoms with Crippen LogP contribution in [0.4, 0.5) is 0 Å². The lowest BCUT2D eigenvalue weighted by Gasteiger charge is -2.14. The second kappa shape index (κ2) is 5.44. The highest BCUT2D eigenvalue weighted by Gasteiger charge is 2.25. The summed E-state index contributed by atoms with van der Waals surface area (Å²) in [6, 6.07) is 28.3. The fourth-order valence-electron chi connectivity index (χ4n) is 4.62. The summed E-state index contributed by atoms with van der Waals surface area (Å²) in [5.41, 5.74) is 15.2. The van der Waals surface area contributed by atoms with Crippen molar-refractivity contribution in [1.82, 2.24) is 0 Å². The molecule has 0 aromatic heterocycles. The summed E-state index contributed by atoms with van der Waals surface area (Å²) in [5, 5.41) is 0. The van der Waals surface area contributed by atoms with Crippen LogP contribution >= 0.6 is 0 Å². The minimum Gasteiger partial charge on any atom is -0.0619 e. The molecule has 0 spiro atoms. The third-order valence-electron chi connectivity index (χ3n) is 5.99. The molecule has 0 atom stereocenters. The summed E-state index contributed by atoms with van der Waals surface area (Å²) >= 11 is 0. The number of hydrogen-bond acceptors (Lipinski definition) is 0. The average molecular weight is 342 g/mol. The quantitative estimate of drug-likeness (QED) is 0.283. The molecule has 126 valence electrons. The van der Waals surface area contributed by atoms with Crippen molar-refractivity contribution in [3.05, 3.63) is 120 Å². The van der Waals surface area contributed by atoms with Crippen LogP contribution in [0.3, 0.4) is 0 Å². The van der Waals surface area contributed by atoms with E-state index in [1.165, 1.54) is 61.2 Å². The van der Waals surface area contributed by atoms with Crippen LogP contribution in [0.15, 0.2) is 78.9 Å². The number of benzene rings is 4. The molecule has 0 amide bonds. The van der Waals surface area contributed by atoms with Gasteiger partial charge in [0.2, 0.25) is 0 Å². The fraction of sp³-hybridized carbons (Fsp3) is 0.0370. The van der Waals surface area contributed by atoms with Gasteiger partial charge in [0.1, 0.15) is 0 Å². The minimum absolute atomic E-state index is 1.34. The Bertz CT molecular complexity index is 1170. The summed E-state index contributed by atoms with van der Waals surface area (Å²) < 4.78 is 0. The third kappa shape index (κ3) is 2.10. The maximum atomic E-state index is 2.32. The molecule has 0 heteroatoms. The van der Waals surface area contributed by atoms with Gasteiger partial charge in [0.25, 0.3) is 0 Å². The molecule has 0 heterocycles. The Kier molecular flexibility index (Phi) is 3.02. The summed E-state index contributed by atoms with van der Waals surface area (Å²) in [6.45, 7) is 2.23. The van der Waals surface area contributed by atoms with Crippen LogP contribution < -0.4 is 0 Å². The van der Waals surface area contributed by atoms with E-state index in [9.17, 15) is 0 Å². The standard InChI is InChI=1S/C14H9.C13H9/c1-8-11-4-5-13-12-3-2-9(11)6-10(12)7-14(8)13;1-3-7-12-10(5-1)9-11-6-2-4-8-13(11)12/h2-7H,1H3;1-9H. The van der Waals surface area contributed by atoms with E-state index in [-0.39, 0.29) is 0 Å². The van der Waals surface area contributed by atoms with Gasteiger partial charge in [-0.15, -0.1) is 0 Å². The van der Waals surface area contributed by atoms with Crippen molar-refractivity contribution in [3.8, 4) is 33.4 Å². The Hall–Kier alpha value is -3.12. The van der Waals surface area contributed by atoms with Crippen LogP contribution in [0.5, 0.6) is 0 Å². The molecule has 4 bridgehead atoms. The molecule has 2 radical (unpaired) electrons. The van der Waals surface area contributed by atoms with Gasteiger partial charge in [-0.2, -0.15) is 0 Å². The maximum absolute atomic E-state index is 2.32. The lowest BCUT2D eigenvalue weighted by Crippen LogP contribution is -1.90. The zero-order valence-corrected chi connectivity index (χ0v) is 15.2. The zero-order valence-electron chi connectivity index (χ0n) is 15.2. The molecule has 0 aliphatic heterocycles. The fourth-order valence-corrected chi connectivity index (χ4v) is 4.62. The van der Waals surface area contributed by atoms with Crippen molar-refractivity contribution in [3.63, 3.8) is 0 Å². The van der Waals surface area contributed by atoms with Gasteiger partial charge in [0.15, 0.2) is 0 Å². The van der Waals surface area contributed by atoms with Gasteiger partial charge >= 0.3 is 0 Å². The Labute approximate surface area is 160 Å². The van der Waals surface area contributed by atoms with E-state index < -0.39 is 0 Å². The lowest BCUT2D eigenvalue weighted by molar-refractivity contribution is 1.41. The van der Waals surface area contributed by atoms with Crippen LogP contribution in [-0.4, -0.2) is 0 Å². The first-order valence-electron chi connectivity index (χ1n) is 9.46. The van der Waals surface area contributed by atoms with E-state index in [1.807, 2.05) is 0 Å². The smallest absolute Gasteiger partial charge is 0.0215 e. The van der Waals surface area contributed by atoms with Crippen LogP contribution in [0.1, 0.15) is 27.8 Å². The van der Waals surface area contributed by atoms with Crippen LogP contribution in [0, 0.1) is 19.8 Å². The molecule has 0 nitrogen and oxygen atoms in total. The summed E-state index contributed by atoms with van der Waals surface area (Å²) in [4.78, 5) is 0. The summed E-state index contributed by atoms with van der Waals surface area (Å²) in [6.07, 6.45) is 4.56. The first-order valence-corrected chi connectivity index (χ1v) is 9.46. The zero-order chi connectivity index (χ0) is 18.0. The van der Waals surface area contributed by atoms with Crippen molar-refractivity contribution in [2.75, 3.05) is 0 Å². The van der Waals surface area contributed by atoms with Gasteiger partial charge in [0.05, 0.1) is 0 Å². The van der Waals surface area contributed by atoms with Crippen LogP contribution in [-0.2, 0) is 0 Å². The van der Waals surface area contributed by atoms with E-state index in [0.717, 1.165) is 0 Å². The Morgan fingerprint density at radius 2 is 1.07 bits per heavy atom. The van der Waals surface area contributed by atoms with Gasteiger partial charge in [-0.05, 0) is 74.2 Å². The van der Waals surface area contributed by atoms with E-state index in [4.69, 9.17) is 0 Å². The van der Waals surface area contributed by atoms with Crippen molar-refractivity contribution in [1.29, 1.82) is 0 Å². The largest absolute Gasteiger partial charge is 0.0619 e. The SMILES string of the molecule is Cc1c2ccc3c1[CH]c1cc-2ccc1-3.[CH]1c2ccccc2-c2ccccc21. The topological polar surface area (TPSA) is 0 Å². The molecular formula is C27H18. The third-order valence-corrected chi connectivity index (χ3v) is 5.99. The predicted octanol–water partition coefficient (Wildman–Crippen LogP) is 6.82. The average Bonchev–Trinajstić information content (AvgIpc) is 3.24. The Balaban J connectivity index is 0.000000109. The number of rotatable bonds is 0. The predicted molar refractivity (Wildman–Crippen MR) is 112 cm³/mol. The first kappa shape index (κ1) is 15.0. The van der Waals surface area contributed by atoms with E-state index in [1.54, 1.807) is 0 Å². The molecule has 0 saturated carbocycles.